The number of nitrogens with one attached hydrogen (secondary N) is 2. The zero-order valence-corrected chi connectivity index (χ0v) is 15.6. The lowest BCUT2D eigenvalue weighted by Crippen LogP contribution is -2.37. The molecule has 1 fully saturated rings. The third-order valence-electron chi connectivity index (χ3n) is 4.43. The minimum Gasteiger partial charge on any atom is -0.360 e. The number of carbonyl (C=O) groups excluding carboxylic acids is 2. The van der Waals surface area contributed by atoms with Crippen LogP contribution >= 0.6 is 0 Å². The molecule has 27 heavy (non-hydrogen) atoms. The Hall–Kier alpha value is -2.81. The summed E-state index contributed by atoms with van der Waals surface area (Å²) >= 11 is 0. The average molecular weight is 372 g/mol. The van der Waals surface area contributed by atoms with Crippen LogP contribution in [-0.2, 0) is 4.79 Å². The third kappa shape index (κ3) is 5.58. The quantitative estimate of drug-likeness (QED) is 0.813. The van der Waals surface area contributed by atoms with Crippen molar-refractivity contribution in [3.8, 4) is 0 Å². The van der Waals surface area contributed by atoms with Crippen LogP contribution in [0.4, 0.5) is 5.82 Å². The molecule has 0 saturated carbocycles. The highest BCUT2D eigenvalue weighted by Gasteiger charge is 2.21. The van der Waals surface area contributed by atoms with Crippen LogP contribution in [0.1, 0.15) is 41.2 Å². The van der Waals surface area contributed by atoms with Crippen LogP contribution in [0, 0.1) is 13.8 Å². The molecule has 1 atom stereocenters. The summed E-state index contributed by atoms with van der Waals surface area (Å²) in [7, 11) is 0. The molecule has 3 rings (SSSR count). The summed E-state index contributed by atoms with van der Waals surface area (Å²) in [6.07, 6.45) is 5.62. The first-order valence-electron chi connectivity index (χ1n) is 9.04. The zero-order valence-electron chi connectivity index (χ0n) is 15.6. The highest BCUT2D eigenvalue weighted by atomic mass is 16.5. The lowest BCUT2D eigenvalue weighted by molar-refractivity contribution is -0.117. The summed E-state index contributed by atoms with van der Waals surface area (Å²) in [5.74, 6) is 0.745. The van der Waals surface area contributed by atoms with Crippen LogP contribution in [0.5, 0.6) is 0 Å². The van der Waals surface area contributed by atoms with Crippen LogP contribution in [-0.4, -0.2) is 57.5 Å². The van der Waals surface area contributed by atoms with E-state index in [-0.39, 0.29) is 24.4 Å². The highest BCUT2D eigenvalue weighted by Crippen LogP contribution is 2.12. The molecule has 1 saturated heterocycles. The van der Waals surface area contributed by atoms with Crippen molar-refractivity contribution in [3.05, 3.63) is 35.6 Å². The number of hydrogen-bond acceptors (Lipinski definition) is 7. The first-order chi connectivity index (χ1) is 13.0. The maximum absolute atomic E-state index is 12.3. The van der Waals surface area contributed by atoms with Crippen LogP contribution in [0.15, 0.2) is 23.0 Å². The summed E-state index contributed by atoms with van der Waals surface area (Å²) < 4.78 is 4.94. The van der Waals surface area contributed by atoms with E-state index in [1.165, 1.54) is 6.20 Å². The first-order valence-corrected chi connectivity index (χ1v) is 9.04. The largest absolute Gasteiger partial charge is 0.360 e. The van der Waals surface area contributed by atoms with Gasteiger partial charge in [0.15, 0.2) is 5.82 Å². The first kappa shape index (κ1) is 19.0. The van der Waals surface area contributed by atoms with Gasteiger partial charge in [-0.05, 0) is 39.7 Å². The standard InChI is InChI=1S/C18H24N6O3/c1-12-9-20-15(10-19-12)18(26)21-14-4-3-6-24(7-5-14)11-17(25)22-16-8-13(2)27-23-16/h8-10,14H,3-7,11H2,1-2H3,(H,21,26)(H,22,23,25). The summed E-state index contributed by atoms with van der Waals surface area (Å²) in [5.41, 5.74) is 1.10. The van der Waals surface area contributed by atoms with Gasteiger partial charge in [0.2, 0.25) is 5.91 Å². The number of aromatic nitrogens is 3. The summed E-state index contributed by atoms with van der Waals surface area (Å²) in [6.45, 7) is 5.43. The van der Waals surface area contributed by atoms with Gasteiger partial charge < -0.3 is 15.2 Å². The van der Waals surface area contributed by atoms with Crippen molar-refractivity contribution in [2.24, 2.45) is 0 Å². The minimum absolute atomic E-state index is 0.0619. The fourth-order valence-corrected chi connectivity index (χ4v) is 3.04. The van der Waals surface area contributed by atoms with Crippen molar-refractivity contribution in [3.63, 3.8) is 0 Å². The van der Waals surface area contributed by atoms with Gasteiger partial charge in [0.25, 0.3) is 5.91 Å². The Morgan fingerprint density at radius 3 is 2.78 bits per heavy atom. The topological polar surface area (TPSA) is 113 Å². The fourth-order valence-electron chi connectivity index (χ4n) is 3.04. The van der Waals surface area contributed by atoms with Gasteiger partial charge >= 0.3 is 0 Å². The van der Waals surface area contributed by atoms with Crippen molar-refractivity contribution in [2.45, 2.75) is 39.2 Å². The fraction of sp³-hybridized carbons (Fsp3) is 0.500. The molecule has 3 heterocycles. The van der Waals surface area contributed by atoms with Gasteiger partial charge in [0.1, 0.15) is 11.5 Å². The molecule has 0 aliphatic carbocycles. The summed E-state index contributed by atoms with van der Waals surface area (Å²) in [4.78, 5) is 34.7. The number of carbonyl (C=O) groups is 2. The number of rotatable bonds is 5. The van der Waals surface area contributed by atoms with Gasteiger partial charge in [0, 0.05) is 24.8 Å². The Bertz CT molecular complexity index is 789. The molecule has 1 aliphatic rings. The molecule has 0 spiro atoms. The second-order valence-corrected chi connectivity index (χ2v) is 6.79. The van der Waals surface area contributed by atoms with E-state index in [0.29, 0.717) is 17.3 Å². The maximum atomic E-state index is 12.3. The van der Waals surface area contributed by atoms with Gasteiger partial charge in [-0.1, -0.05) is 5.16 Å². The molecule has 0 aromatic carbocycles. The molecular formula is C18H24N6O3. The van der Waals surface area contributed by atoms with Crippen LogP contribution < -0.4 is 10.6 Å². The maximum Gasteiger partial charge on any atom is 0.271 e. The second kappa shape index (κ2) is 8.72. The van der Waals surface area contributed by atoms with E-state index in [2.05, 4.69) is 30.7 Å². The highest BCUT2D eigenvalue weighted by molar-refractivity contribution is 5.92. The molecule has 2 N–H and O–H groups in total. The van der Waals surface area contributed by atoms with Crippen LogP contribution in [0.25, 0.3) is 0 Å². The molecule has 0 radical (unpaired) electrons. The van der Waals surface area contributed by atoms with Crippen molar-refractivity contribution in [2.75, 3.05) is 25.0 Å². The van der Waals surface area contributed by atoms with Gasteiger partial charge in [-0.2, -0.15) is 0 Å². The molecule has 9 nitrogen and oxygen atoms in total. The molecular weight excluding hydrogens is 348 g/mol. The molecule has 9 heteroatoms. The van der Waals surface area contributed by atoms with E-state index in [4.69, 9.17) is 4.52 Å². The molecule has 1 unspecified atom stereocenters. The van der Waals surface area contributed by atoms with E-state index in [9.17, 15) is 9.59 Å². The number of likely N-dealkylation sites (tertiary alicyclic amines) is 1. The Morgan fingerprint density at radius 1 is 1.22 bits per heavy atom. The van der Waals surface area contributed by atoms with E-state index in [1.54, 1.807) is 19.2 Å². The molecule has 2 amide bonds. The number of aryl methyl sites for hydroxylation is 2. The minimum atomic E-state index is -0.208. The number of nitrogens with zero attached hydrogens (tertiary/aromatic N) is 4. The van der Waals surface area contributed by atoms with Crippen molar-refractivity contribution < 1.29 is 14.1 Å². The predicted octanol–water partition coefficient (Wildman–Crippen LogP) is 1.30. The molecule has 1 aliphatic heterocycles. The Morgan fingerprint density at radius 2 is 2.07 bits per heavy atom. The lowest BCUT2D eigenvalue weighted by Gasteiger charge is -2.19. The summed E-state index contributed by atoms with van der Waals surface area (Å²) in [6, 6.07) is 1.74. The van der Waals surface area contributed by atoms with Crippen LogP contribution in [0.2, 0.25) is 0 Å². The number of anilines is 1. The van der Waals surface area contributed by atoms with E-state index < -0.39 is 0 Å². The smallest absolute Gasteiger partial charge is 0.271 e. The third-order valence-corrected chi connectivity index (χ3v) is 4.43. The predicted molar refractivity (Wildman–Crippen MR) is 98.2 cm³/mol. The second-order valence-electron chi connectivity index (χ2n) is 6.79. The average Bonchev–Trinajstić information content (AvgIpc) is 2.91. The monoisotopic (exact) mass is 372 g/mol. The number of hydrogen-bond donors (Lipinski definition) is 2. The van der Waals surface area contributed by atoms with Crippen molar-refractivity contribution in [1.29, 1.82) is 0 Å². The summed E-state index contributed by atoms with van der Waals surface area (Å²) in [5, 5.41) is 9.51. The van der Waals surface area contributed by atoms with Gasteiger partial charge in [0.05, 0.1) is 18.4 Å². The molecule has 2 aromatic rings. The van der Waals surface area contributed by atoms with Crippen molar-refractivity contribution >= 4 is 17.6 Å². The normalized spacial score (nSPS) is 17.9. The van der Waals surface area contributed by atoms with E-state index >= 15 is 0 Å². The molecule has 2 aromatic heterocycles. The van der Waals surface area contributed by atoms with E-state index in [0.717, 1.165) is 38.0 Å². The molecule has 144 valence electrons. The van der Waals surface area contributed by atoms with Gasteiger partial charge in [-0.15, -0.1) is 0 Å². The van der Waals surface area contributed by atoms with Gasteiger partial charge in [-0.25, -0.2) is 4.98 Å². The van der Waals surface area contributed by atoms with Gasteiger partial charge in [-0.3, -0.25) is 19.5 Å². The van der Waals surface area contributed by atoms with Crippen LogP contribution in [0.3, 0.4) is 0 Å². The number of amides is 2. The molecule has 0 bridgehead atoms. The van der Waals surface area contributed by atoms with Crippen molar-refractivity contribution in [1.82, 2.24) is 25.3 Å². The lowest BCUT2D eigenvalue weighted by atomic mass is 10.1. The van der Waals surface area contributed by atoms with E-state index in [1.807, 2.05) is 6.92 Å². The SMILES string of the molecule is Cc1cnc(C(=O)NC2CCCN(CC(=O)Nc3cc(C)on3)CC2)cn1. The Kier molecular flexibility index (Phi) is 6.12. The zero-order chi connectivity index (χ0) is 19.2. The Labute approximate surface area is 157 Å². The Balaban J connectivity index is 1.46.